The van der Waals surface area contributed by atoms with E-state index in [0.29, 0.717) is 0 Å². The Kier molecular flexibility index (Phi) is 7.26. The van der Waals surface area contributed by atoms with Gasteiger partial charge < -0.3 is 19.0 Å². The number of carbonyl (C=O) groups excluding carboxylic acids is 1. The SMILES string of the molecule is CCOC(=O)C[C@H]1[C@@H](O[Si](C)(C)C(C)(C)C)[C@H](n2ccc(=O)[nH]c2=O)O[C@@H]1CO. The predicted octanol–water partition coefficient (Wildman–Crippen LogP) is 1.39. The lowest BCUT2D eigenvalue weighted by Gasteiger charge is -2.40. The van der Waals surface area contributed by atoms with Crippen LogP contribution in [0.15, 0.2) is 21.9 Å². The fourth-order valence-electron chi connectivity index (χ4n) is 3.13. The van der Waals surface area contributed by atoms with E-state index >= 15 is 0 Å². The zero-order valence-corrected chi connectivity index (χ0v) is 18.9. The zero-order valence-electron chi connectivity index (χ0n) is 17.9. The fourth-order valence-corrected chi connectivity index (χ4v) is 4.46. The number of esters is 1. The van der Waals surface area contributed by atoms with E-state index in [1.54, 1.807) is 6.92 Å². The zero-order chi connectivity index (χ0) is 22.0. The van der Waals surface area contributed by atoms with E-state index in [-0.39, 0.29) is 24.7 Å². The number of hydrogen-bond acceptors (Lipinski definition) is 7. The molecule has 0 aromatic carbocycles. The summed E-state index contributed by atoms with van der Waals surface area (Å²) >= 11 is 0. The highest BCUT2D eigenvalue weighted by Crippen LogP contribution is 2.44. The van der Waals surface area contributed by atoms with Crippen molar-refractivity contribution in [1.82, 2.24) is 9.55 Å². The molecule has 0 radical (unpaired) electrons. The molecule has 0 spiro atoms. The Labute approximate surface area is 171 Å². The molecule has 164 valence electrons. The van der Waals surface area contributed by atoms with Crippen molar-refractivity contribution in [1.29, 1.82) is 0 Å². The van der Waals surface area contributed by atoms with Crippen LogP contribution in [0.25, 0.3) is 0 Å². The van der Waals surface area contributed by atoms with Crippen molar-refractivity contribution in [2.75, 3.05) is 13.2 Å². The Bertz CT molecular complexity index is 827. The number of nitrogens with zero attached hydrogens (tertiary/aromatic N) is 1. The van der Waals surface area contributed by atoms with Crippen LogP contribution in [0.4, 0.5) is 0 Å². The first-order valence-electron chi connectivity index (χ1n) is 9.82. The van der Waals surface area contributed by atoms with Gasteiger partial charge in [-0.1, -0.05) is 20.8 Å². The van der Waals surface area contributed by atoms with Crippen LogP contribution >= 0.6 is 0 Å². The highest BCUT2D eigenvalue weighted by Gasteiger charge is 2.51. The summed E-state index contributed by atoms with van der Waals surface area (Å²) in [6.07, 6.45) is -0.925. The molecule has 1 fully saturated rings. The second-order valence-corrected chi connectivity index (χ2v) is 13.5. The number of aromatic nitrogens is 2. The third-order valence-electron chi connectivity index (χ3n) is 5.74. The number of rotatable bonds is 7. The second-order valence-electron chi connectivity index (χ2n) is 8.78. The van der Waals surface area contributed by atoms with Crippen LogP contribution in [0, 0.1) is 5.92 Å². The topological polar surface area (TPSA) is 120 Å². The molecule has 29 heavy (non-hydrogen) atoms. The van der Waals surface area contributed by atoms with Crippen LogP contribution in [0.1, 0.15) is 40.3 Å². The van der Waals surface area contributed by atoms with Gasteiger partial charge in [-0.3, -0.25) is 19.1 Å². The molecule has 1 saturated heterocycles. The lowest BCUT2D eigenvalue weighted by Crippen LogP contribution is -2.48. The molecule has 9 nitrogen and oxygen atoms in total. The van der Waals surface area contributed by atoms with E-state index < -0.39 is 49.9 Å². The molecule has 2 rings (SSSR count). The Morgan fingerprint density at radius 1 is 1.34 bits per heavy atom. The molecule has 0 aliphatic carbocycles. The first-order valence-corrected chi connectivity index (χ1v) is 12.7. The summed E-state index contributed by atoms with van der Waals surface area (Å²) in [5, 5.41) is 9.74. The van der Waals surface area contributed by atoms with Gasteiger partial charge in [-0.05, 0) is 25.1 Å². The maximum atomic E-state index is 12.4. The number of carbonyl (C=O) groups is 1. The van der Waals surface area contributed by atoms with Crippen molar-refractivity contribution in [2.24, 2.45) is 5.92 Å². The monoisotopic (exact) mass is 428 g/mol. The molecule has 2 N–H and O–H groups in total. The average Bonchev–Trinajstić information content (AvgIpc) is 2.91. The molecule has 0 amide bonds. The minimum Gasteiger partial charge on any atom is -0.466 e. The Morgan fingerprint density at radius 2 is 2.00 bits per heavy atom. The molecule has 0 bridgehead atoms. The number of H-pyrrole nitrogens is 1. The van der Waals surface area contributed by atoms with Crippen molar-refractivity contribution in [3.63, 3.8) is 0 Å². The van der Waals surface area contributed by atoms with Gasteiger partial charge in [0, 0.05) is 18.2 Å². The van der Waals surface area contributed by atoms with Crippen molar-refractivity contribution < 1.29 is 23.8 Å². The van der Waals surface area contributed by atoms with Gasteiger partial charge in [0.15, 0.2) is 14.5 Å². The van der Waals surface area contributed by atoms with E-state index in [9.17, 15) is 19.5 Å². The van der Waals surface area contributed by atoms with Gasteiger partial charge in [-0.2, -0.15) is 0 Å². The molecule has 2 heterocycles. The van der Waals surface area contributed by atoms with Gasteiger partial charge >= 0.3 is 11.7 Å². The van der Waals surface area contributed by atoms with E-state index in [1.165, 1.54) is 16.8 Å². The summed E-state index contributed by atoms with van der Waals surface area (Å²) in [5.41, 5.74) is -1.16. The number of ether oxygens (including phenoxy) is 2. The normalized spacial score (nSPS) is 25.2. The van der Waals surface area contributed by atoms with Gasteiger partial charge in [0.25, 0.3) is 5.56 Å². The van der Waals surface area contributed by atoms with E-state index in [4.69, 9.17) is 13.9 Å². The highest BCUT2D eigenvalue weighted by atomic mass is 28.4. The van der Waals surface area contributed by atoms with Crippen LogP contribution in [0.5, 0.6) is 0 Å². The van der Waals surface area contributed by atoms with Gasteiger partial charge in [0.05, 0.1) is 31.8 Å². The summed E-state index contributed by atoms with van der Waals surface area (Å²) in [6, 6.07) is 1.22. The van der Waals surface area contributed by atoms with Gasteiger partial charge in [-0.15, -0.1) is 0 Å². The average molecular weight is 429 g/mol. The third kappa shape index (κ3) is 5.24. The largest absolute Gasteiger partial charge is 0.466 e. The number of aromatic amines is 1. The summed E-state index contributed by atoms with van der Waals surface area (Å²) in [6.45, 7) is 12.0. The smallest absolute Gasteiger partial charge is 0.330 e. The van der Waals surface area contributed by atoms with Crippen LogP contribution in [-0.2, 0) is 18.7 Å². The Balaban J connectivity index is 2.48. The minimum absolute atomic E-state index is 0.00698. The maximum absolute atomic E-state index is 12.4. The molecule has 10 heteroatoms. The van der Waals surface area contributed by atoms with Crippen LogP contribution < -0.4 is 11.2 Å². The fraction of sp³-hybridized carbons (Fsp3) is 0.737. The lowest BCUT2D eigenvalue weighted by molar-refractivity contribution is -0.145. The molecule has 1 aliphatic heterocycles. The van der Waals surface area contributed by atoms with E-state index in [1.807, 2.05) is 0 Å². The predicted molar refractivity (Wildman–Crippen MR) is 109 cm³/mol. The van der Waals surface area contributed by atoms with Crippen molar-refractivity contribution in [3.05, 3.63) is 33.1 Å². The minimum atomic E-state index is -2.33. The van der Waals surface area contributed by atoms with E-state index in [2.05, 4.69) is 38.8 Å². The summed E-state index contributed by atoms with van der Waals surface area (Å²) in [7, 11) is -2.33. The molecular weight excluding hydrogens is 396 g/mol. The molecule has 4 atom stereocenters. The Hall–Kier alpha value is -1.75. The molecule has 1 aliphatic rings. The van der Waals surface area contributed by atoms with Crippen molar-refractivity contribution in [3.8, 4) is 0 Å². The first-order chi connectivity index (χ1) is 13.4. The molecule has 1 aromatic rings. The van der Waals surface area contributed by atoms with Gasteiger partial charge in [0.1, 0.15) is 0 Å². The summed E-state index contributed by atoms with van der Waals surface area (Å²) in [5.74, 6) is -0.921. The van der Waals surface area contributed by atoms with Crippen LogP contribution in [0.2, 0.25) is 18.1 Å². The van der Waals surface area contributed by atoms with Crippen molar-refractivity contribution in [2.45, 2.75) is 70.7 Å². The second kappa shape index (κ2) is 8.95. The number of nitrogens with one attached hydrogen (secondary N) is 1. The summed E-state index contributed by atoms with van der Waals surface area (Å²) < 4.78 is 18.9. The molecular formula is C19H32N2O7Si. The molecule has 1 aromatic heterocycles. The summed E-state index contributed by atoms with van der Waals surface area (Å²) in [4.78, 5) is 38.3. The number of aliphatic hydroxyl groups is 1. The first kappa shape index (κ1) is 23.5. The standard InChI is InChI=1S/C19H32N2O7Si/c1-7-26-15(24)10-12-13(11-22)27-17(21-9-8-14(23)20-18(21)25)16(12)28-29(5,6)19(2,3)4/h8-9,12-13,16-17,22H,7,10-11H2,1-6H3,(H,20,23,25)/t12-,13-,16-,17-/m1/s1. The maximum Gasteiger partial charge on any atom is 0.330 e. The third-order valence-corrected chi connectivity index (χ3v) is 10.2. The van der Waals surface area contributed by atoms with Crippen molar-refractivity contribution >= 4 is 14.3 Å². The molecule has 0 unspecified atom stereocenters. The lowest BCUT2D eigenvalue weighted by atomic mass is 9.94. The Morgan fingerprint density at radius 3 is 2.52 bits per heavy atom. The molecule has 0 saturated carbocycles. The van der Waals surface area contributed by atoms with Crippen LogP contribution in [0.3, 0.4) is 0 Å². The van der Waals surface area contributed by atoms with E-state index in [0.717, 1.165) is 0 Å². The van der Waals surface area contributed by atoms with Crippen LogP contribution in [-0.4, -0.2) is 54.4 Å². The van der Waals surface area contributed by atoms with Gasteiger partial charge in [-0.25, -0.2) is 4.79 Å². The quantitative estimate of drug-likeness (QED) is 0.497. The van der Waals surface area contributed by atoms with Gasteiger partial charge in [0.2, 0.25) is 0 Å². The highest BCUT2D eigenvalue weighted by molar-refractivity contribution is 6.74. The number of hydrogen-bond donors (Lipinski definition) is 2. The number of aliphatic hydroxyl groups excluding tert-OH is 1.